The van der Waals surface area contributed by atoms with Crippen molar-refractivity contribution < 1.29 is 9.18 Å². The Kier molecular flexibility index (Phi) is 5.40. The van der Waals surface area contributed by atoms with Crippen LogP contribution in [0.3, 0.4) is 0 Å². The Morgan fingerprint density at radius 3 is 2.44 bits per heavy atom. The predicted molar refractivity (Wildman–Crippen MR) is 105 cm³/mol. The van der Waals surface area contributed by atoms with Crippen molar-refractivity contribution in [1.29, 1.82) is 0 Å². The maximum absolute atomic E-state index is 13.1. The fraction of sp³-hybridized carbons (Fsp3) is 0.273. The van der Waals surface area contributed by atoms with E-state index in [9.17, 15) is 14.0 Å². The van der Waals surface area contributed by atoms with E-state index in [0.29, 0.717) is 18.5 Å². The number of aromatic amines is 1. The first kappa shape index (κ1) is 18.8. The number of amides is 1. The van der Waals surface area contributed by atoms with E-state index in [1.54, 1.807) is 24.0 Å². The normalized spacial score (nSPS) is 11.0. The molecule has 27 heavy (non-hydrogen) atoms. The van der Waals surface area contributed by atoms with Crippen molar-refractivity contribution in [3.63, 3.8) is 0 Å². The standard InChI is InChI=1S/C22H23FN2O2/c1-4-20(26)25(12-16-5-7-19(23)8-6-16)13-18-11-17-10-14(2)9-15(3)21(17)24-22(18)27/h5-11H,4,12-13H2,1-3H3,(H,24,27). The number of rotatable bonds is 5. The summed E-state index contributed by atoms with van der Waals surface area (Å²) < 4.78 is 13.1. The fourth-order valence-electron chi connectivity index (χ4n) is 3.32. The Bertz CT molecular complexity index is 1040. The molecule has 0 aliphatic rings. The molecular formula is C22H23FN2O2. The second kappa shape index (κ2) is 7.74. The van der Waals surface area contributed by atoms with Crippen molar-refractivity contribution in [1.82, 2.24) is 9.88 Å². The molecule has 140 valence electrons. The molecule has 0 unspecified atom stereocenters. The number of halogens is 1. The molecule has 1 N–H and O–H groups in total. The first-order valence-electron chi connectivity index (χ1n) is 9.02. The van der Waals surface area contributed by atoms with Crippen LogP contribution in [0.1, 0.15) is 35.6 Å². The molecule has 3 aromatic rings. The summed E-state index contributed by atoms with van der Waals surface area (Å²) in [5, 5.41) is 0.952. The van der Waals surface area contributed by atoms with Gasteiger partial charge in [-0.05, 0) is 54.6 Å². The number of hydrogen-bond acceptors (Lipinski definition) is 2. The highest BCUT2D eigenvalue weighted by atomic mass is 19.1. The average Bonchev–Trinajstić information content (AvgIpc) is 2.63. The first-order chi connectivity index (χ1) is 12.9. The summed E-state index contributed by atoms with van der Waals surface area (Å²) in [5.74, 6) is -0.372. The van der Waals surface area contributed by atoms with Gasteiger partial charge in [-0.25, -0.2) is 4.39 Å². The van der Waals surface area contributed by atoms with Gasteiger partial charge in [0.1, 0.15) is 5.82 Å². The maximum atomic E-state index is 13.1. The average molecular weight is 366 g/mol. The van der Waals surface area contributed by atoms with Crippen molar-refractivity contribution in [2.45, 2.75) is 40.3 Å². The van der Waals surface area contributed by atoms with Crippen LogP contribution >= 0.6 is 0 Å². The Balaban J connectivity index is 1.95. The van der Waals surface area contributed by atoms with Crippen LogP contribution in [0.2, 0.25) is 0 Å². The molecule has 0 spiro atoms. The highest BCUT2D eigenvalue weighted by molar-refractivity contribution is 5.83. The van der Waals surface area contributed by atoms with E-state index in [1.807, 2.05) is 32.0 Å². The second-order valence-corrected chi connectivity index (χ2v) is 6.90. The van der Waals surface area contributed by atoms with Gasteiger partial charge in [-0.1, -0.05) is 30.7 Å². The van der Waals surface area contributed by atoms with Gasteiger partial charge in [-0.2, -0.15) is 0 Å². The number of fused-ring (bicyclic) bond motifs is 1. The third-order valence-corrected chi connectivity index (χ3v) is 4.67. The number of aromatic nitrogens is 1. The van der Waals surface area contributed by atoms with E-state index >= 15 is 0 Å². The van der Waals surface area contributed by atoms with Crippen LogP contribution in [-0.2, 0) is 17.9 Å². The molecule has 1 heterocycles. The van der Waals surface area contributed by atoms with Crippen molar-refractivity contribution in [2.24, 2.45) is 0 Å². The summed E-state index contributed by atoms with van der Waals surface area (Å²) in [4.78, 5) is 29.6. The molecule has 0 saturated carbocycles. The van der Waals surface area contributed by atoms with Crippen molar-refractivity contribution >= 4 is 16.8 Å². The quantitative estimate of drug-likeness (QED) is 0.735. The molecule has 1 amide bonds. The molecule has 0 saturated heterocycles. The van der Waals surface area contributed by atoms with Crippen LogP contribution in [-0.4, -0.2) is 15.8 Å². The van der Waals surface area contributed by atoms with Gasteiger partial charge in [0.15, 0.2) is 0 Å². The highest BCUT2D eigenvalue weighted by Gasteiger charge is 2.16. The van der Waals surface area contributed by atoms with Crippen molar-refractivity contribution in [3.8, 4) is 0 Å². The van der Waals surface area contributed by atoms with Gasteiger partial charge in [-0.3, -0.25) is 9.59 Å². The minimum atomic E-state index is -0.316. The minimum Gasteiger partial charge on any atom is -0.334 e. The summed E-state index contributed by atoms with van der Waals surface area (Å²) in [6.45, 7) is 6.31. The molecule has 0 bridgehead atoms. The largest absolute Gasteiger partial charge is 0.334 e. The summed E-state index contributed by atoms with van der Waals surface area (Å²) >= 11 is 0. The topological polar surface area (TPSA) is 53.2 Å². The van der Waals surface area contributed by atoms with Gasteiger partial charge in [0.05, 0.1) is 12.1 Å². The van der Waals surface area contributed by atoms with E-state index < -0.39 is 0 Å². The van der Waals surface area contributed by atoms with Crippen LogP contribution < -0.4 is 5.56 Å². The smallest absolute Gasteiger partial charge is 0.253 e. The van der Waals surface area contributed by atoms with E-state index in [4.69, 9.17) is 0 Å². The van der Waals surface area contributed by atoms with Crippen LogP contribution in [0.4, 0.5) is 4.39 Å². The van der Waals surface area contributed by atoms with E-state index in [0.717, 1.165) is 27.6 Å². The summed E-state index contributed by atoms with van der Waals surface area (Å²) in [6, 6.07) is 12.0. The van der Waals surface area contributed by atoms with Gasteiger partial charge >= 0.3 is 0 Å². The Morgan fingerprint density at radius 2 is 1.78 bits per heavy atom. The van der Waals surface area contributed by atoms with Gasteiger partial charge in [0.2, 0.25) is 5.91 Å². The number of hydrogen-bond donors (Lipinski definition) is 1. The number of benzene rings is 2. The molecule has 0 aliphatic heterocycles. The van der Waals surface area contributed by atoms with Crippen molar-refractivity contribution in [2.75, 3.05) is 0 Å². The summed E-state index contributed by atoms with van der Waals surface area (Å²) in [6.07, 6.45) is 0.338. The Morgan fingerprint density at radius 1 is 1.07 bits per heavy atom. The first-order valence-corrected chi connectivity index (χ1v) is 9.02. The molecule has 0 radical (unpaired) electrons. The fourth-order valence-corrected chi connectivity index (χ4v) is 3.32. The van der Waals surface area contributed by atoms with E-state index in [-0.39, 0.29) is 23.8 Å². The number of carbonyl (C=O) groups is 1. The Hall–Kier alpha value is -2.95. The third-order valence-electron chi connectivity index (χ3n) is 4.67. The molecule has 2 aromatic carbocycles. The monoisotopic (exact) mass is 366 g/mol. The maximum Gasteiger partial charge on any atom is 0.253 e. The SMILES string of the molecule is CCC(=O)N(Cc1ccc(F)cc1)Cc1cc2cc(C)cc(C)c2[nH]c1=O. The Labute approximate surface area is 157 Å². The zero-order chi connectivity index (χ0) is 19.6. The summed E-state index contributed by atoms with van der Waals surface area (Å²) in [7, 11) is 0. The van der Waals surface area contributed by atoms with Gasteiger partial charge in [0.25, 0.3) is 5.56 Å². The number of H-pyrrole nitrogens is 1. The summed E-state index contributed by atoms with van der Waals surface area (Å²) in [5.41, 5.74) is 4.12. The second-order valence-electron chi connectivity index (χ2n) is 6.90. The molecule has 4 nitrogen and oxygen atoms in total. The predicted octanol–water partition coefficient (Wildman–Crippen LogP) is 4.22. The van der Waals surface area contributed by atoms with Crippen LogP contribution in [0.15, 0.2) is 47.3 Å². The molecule has 0 aliphatic carbocycles. The van der Waals surface area contributed by atoms with E-state index in [2.05, 4.69) is 4.98 Å². The highest BCUT2D eigenvalue weighted by Crippen LogP contribution is 2.19. The van der Waals surface area contributed by atoms with Gasteiger partial charge in [0, 0.05) is 18.5 Å². The zero-order valence-corrected chi connectivity index (χ0v) is 15.8. The molecule has 1 aromatic heterocycles. The van der Waals surface area contributed by atoms with Crippen LogP contribution in [0.5, 0.6) is 0 Å². The minimum absolute atomic E-state index is 0.0563. The molecule has 0 fully saturated rings. The lowest BCUT2D eigenvalue weighted by Crippen LogP contribution is -2.32. The molecule has 3 rings (SSSR count). The number of nitrogens with one attached hydrogen (secondary N) is 1. The molecule has 0 atom stereocenters. The van der Waals surface area contributed by atoms with Gasteiger partial charge < -0.3 is 9.88 Å². The van der Waals surface area contributed by atoms with Crippen molar-refractivity contribution in [3.05, 3.63) is 80.9 Å². The lowest BCUT2D eigenvalue weighted by Gasteiger charge is -2.22. The lowest BCUT2D eigenvalue weighted by atomic mass is 10.0. The van der Waals surface area contributed by atoms with E-state index in [1.165, 1.54) is 12.1 Å². The number of carbonyl (C=O) groups excluding carboxylic acids is 1. The number of nitrogens with zero attached hydrogens (tertiary/aromatic N) is 1. The van der Waals surface area contributed by atoms with Gasteiger partial charge in [-0.15, -0.1) is 0 Å². The number of aryl methyl sites for hydroxylation is 2. The zero-order valence-electron chi connectivity index (χ0n) is 15.8. The lowest BCUT2D eigenvalue weighted by molar-refractivity contribution is -0.132. The molecule has 5 heteroatoms. The van der Waals surface area contributed by atoms with Crippen LogP contribution in [0, 0.1) is 19.7 Å². The third kappa shape index (κ3) is 4.25. The molecular weight excluding hydrogens is 343 g/mol. The number of pyridine rings is 1. The van der Waals surface area contributed by atoms with Crippen LogP contribution in [0.25, 0.3) is 10.9 Å².